The van der Waals surface area contributed by atoms with Crippen molar-refractivity contribution in [2.45, 2.75) is 25.8 Å². The highest BCUT2D eigenvalue weighted by Crippen LogP contribution is 2.26. The Morgan fingerprint density at radius 2 is 1.58 bits per heavy atom. The van der Waals surface area contributed by atoms with Crippen molar-refractivity contribution < 1.29 is 32.3 Å². The predicted molar refractivity (Wildman–Crippen MR) is 121 cm³/mol. The number of amides is 3. The smallest absolute Gasteiger partial charge is 0.338 e. The number of ether oxygens (including phenoxy) is 1. The Kier molecular flexibility index (Phi) is 7.27. The van der Waals surface area contributed by atoms with Crippen LogP contribution in [0, 0.1) is 0 Å². The van der Waals surface area contributed by atoms with Crippen LogP contribution in [0.25, 0.3) is 0 Å². The number of rotatable bonds is 9. The van der Waals surface area contributed by atoms with Gasteiger partial charge in [0.25, 0.3) is 11.8 Å². The van der Waals surface area contributed by atoms with Crippen molar-refractivity contribution in [1.29, 1.82) is 0 Å². The summed E-state index contributed by atoms with van der Waals surface area (Å²) in [5.41, 5.74) is 0.938. The van der Waals surface area contributed by atoms with E-state index in [0.717, 1.165) is 11.2 Å². The molecule has 3 amide bonds. The molecule has 0 fully saturated rings. The fourth-order valence-corrected chi connectivity index (χ4v) is 4.04. The first-order valence-corrected chi connectivity index (χ1v) is 12.4. The number of anilines is 1. The lowest BCUT2D eigenvalue weighted by Crippen LogP contribution is -2.48. The van der Waals surface area contributed by atoms with Crippen LogP contribution in [0.5, 0.6) is 0 Å². The summed E-state index contributed by atoms with van der Waals surface area (Å²) in [5.74, 6) is -2.90. The molecule has 0 saturated heterocycles. The van der Waals surface area contributed by atoms with E-state index in [1.54, 1.807) is 12.1 Å². The van der Waals surface area contributed by atoms with E-state index in [2.05, 4.69) is 5.32 Å². The van der Waals surface area contributed by atoms with E-state index in [1.807, 2.05) is 6.92 Å². The number of carbonyl (C=O) groups excluding carboxylic acids is 4. The summed E-state index contributed by atoms with van der Waals surface area (Å²) < 4.78 is 28.5. The Morgan fingerprint density at radius 1 is 1.00 bits per heavy atom. The van der Waals surface area contributed by atoms with Gasteiger partial charge in [0.1, 0.15) is 15.9 Å². The molecule has 1 unspecified atom stereocenters. The first-order chi connectivity index (χ1) is 15.6. The molecule has 0 radical (unpaired) electrons. The molecule has 0 saturated carbocycles. The zero-order valence-corrected chi connectivity index (χ0v) is 19.1. The third-order valence-corrected chi connectivity index (χ3v) is 6.00. The van der Waals surface area contributed by atoms with E-state index in [0.29, 0.717) is 24.3 Å². The van der Waals surface area contributed by atoms with Crippen LogP contribution in [-0.4, -0.2) is 61.7 Å². The minimum atomic E-state index is -3.46. The van der Waals surface area contributed by atoms with E-state index in [-0.39, 0.29) is 23.3 Å². The maximum Gasteiger partial charge on any atom is 0.338 e. The Balaban J connectivity index is 1.81. The Morgan fingerprint density at radius 3 is 2.09 bits per heavy atom. The number of fused-ring (bicyclic) bond motifs is 1. The van der Waals surface area contributed by atoms with Crippen LogP contribution in [0.15, 0.2) is 48.5 Å². The number of carbonyl (C=O) groups is 4. The fraction of sp³-hybridized carbons (Fsp3) is 0.304. The average molecular weight is 473 g/mol. The second-order valence-electron chi connectivity index (χ2n) is 7.66. The number of imide groups is 1. The Hall–Kier alpha value is -3.53. The minimum Gasteiger partial charge on any atom is -0.462 e. The molecule has 10 heteroatoms. The molecule has 1 N–H and O–H groups in total. The topological polar surface area (TPSA) is 127 Å². The maximum absolute atomic E-state index is 13.1. The predicted octanol–water partition coefficient (Wildman–Crippen LogP) is 2.29. The van der Waals surface area contributed by atoms with Crippen LogP contribution in [0.2, 0.25) is 0 Å². The molecule has 1 aliphatic rings. The summed E-state index contributed by atoms with van der Waals surface area (Å²) in [7, 11) is -3.46. The molecular weight excluding hydrogens is 448 g/mol. The van der Waals surface area contributed by atoms with Crippen LogP contribution >= 0.6 is 0 Å². The molecule has 1 heterocycles. The summed E-state index contributed by atoms with van der Waals surface area (Å²) in [4.78, 5) is 51.5. The average Bonchev–Trinajstić information content (AvgIpc) is 3.03. The highest BCUT2D eigenvalue weighted by Gasteiger charge is 2.42. The summed E-state index contributed by atoms with van der Waals surface area (Å²) in [6.45, 7) is 2.17. The number of hydrogen-bond donors (Lipinski definition) is 1. The molecule has 9 nitrogen and oxygen atoms in total. The van der Waals surface area contributed by atoms with Gasteiger partial charge in [-0.2, -0.15) is 0 Å². The third kappa shape index (κ3) is 5.64. The standard InChI is InChI=1S/C23H24N2O7S/c1-3-13-32-23(29)15-8-10-16(11-9-15)24-20(26)19(12-14-33(2,30)31)25-21(27)17-6-4-5-7-18(17)22(25)28/h4-11,19H,3,12-14H2,1-2H3,(H,24,26). The number of hydrogen-bond acceptors (Lipinski definition) is 7. The molecule has 0 spiro atoms. The van der Waals surface area contributed by atoms with Crippen LogP contribution in [0.4, 0.5) is 5.69 Å². The molecule has 2 aromatic rings. The van der Waals surface area contributed by atoms with Gasteiger partial charge in [-0.1, -0.05) is 19.1 Å². The molecule has 174 valence electrons. The van der Waals surface area contributed by atoms with Crippen LogP contribution in [-0.2, 0) is 19.4 Å². The van der Waals surface area contributed by atoms with Gasteiger partial charge in [0.05, 0.1) is 29.1 Å². The zero-order valence-electron chi connectivity index (χ0n) is 18.2. The Labute approximate surface area is 191 Å². The summed E-state index contributed by atoms with van der Waals surface area (Å²) in [5, 5.41) is 2.60. The quantitative estimate of drug-likeness (QED) is 0.438. The number of benzene rings is 2. The highest BCUT2D eigenvalue weighted by atomic mass is 32.2. The third-order valence-electron chi connectivity index (χ3n) is 5.03. The lowest BCUT2D eigenvalue weighted by Gasteiger charge is -2.25. The fourth-order valence-electron chi connectivity index (χ4n) is 3.39. The van der Waals surface area contributed by atoms with Gasteiger partial charge in [0, 0.05) is 11.9 Å². The van der Waals surface area contributed by atoms with Crippen LogP contribution < -0.4 is 5.32 Å². The van der Waals surface area contributed by atoms with E-state index >= 15 is 0 Å². The van der Waals surface area contributed by atoms with Crippen LogP contribution in [0.3, 0.4) is 0 Å². The van der Waals surface area contributed by atoms with Gasteiger partial charge in [-0.3, -0.25) is 19.3 Å². The number of nitrogens with zero attached hydrogens (tertiary/aromatic N) is 1. The van der Waals surface area contributed by atoms with Crippen LogP contribution in [0.1, 0.15) is 50.8 Å². The second kappa shape index (κ2) is 9.95. The van der Waals surface area contributed by atoms with Crippen molar-refractivity contribution in [1.82, 2.24) is 4.90 Å². The molecule has 0 bridgehead atoms. The normalized spacial score (nSPS) is 14.1. The van der Waals surface area contributed by atoms with Crippen molar-refractivity contribution in [3.05, 3.63) is 65.2 Å². The Bertz CT molecular complexity index is 1150. The summed E-state index contributed by atoms with van der Waals surface area (Å²) >= 11 is 0. The molecule has 3 rings (SSSR count). The number of esters is 1. The number of sulfone groups is 1. The maximum atomic E-state index is 13.1. The first-order valence-electron chi connectivity index (χ1n) is 10.3. The highest BCUT2D eigenvalue weighted by molar-refractivity contribution is 7.90. The van der Waals surface area contributed by atoms with Gasteiger partial charge < -0.3 is 10.1 Å². The molecule has 0 aliphatic carbocycles. The molecule has 0 aromatic heterocycles. The van der Waals surface area contributed by atoms with Crippen molar-refractivity contribution in [3.63, 3.8) is 0 Å². The SMILES string of the molecule is CCCOC(=O)c1ccc(NC(=O)C(CCS(C)(=O)=O)N2C(=O)c3ccccc3C2=O)cc1. The lowest BCUT2D eigenvalue weighted by atomic mass is 10.1. The first kappa shape index (κ1) is 24.1. The van der Waals surface area contributed by atoms with E-state index in [1.165, 1.54) is 36.4 Å². The van der Waals surface area contributed by atoms with Gasteiger partial charge in [-0.15, -0.1) is 0 Å². The molecule has 2 aromatic carbocycles. The largest absolute Gasteiger partial charge is 0.462 e. The van der Waals surface area contributed by atoms with Gasteiger partial charge in [0.2, 0.25) is 5.91 Å². The van der Waals surface area contributed by atoms with Gasteiger partial charge in [-0.25, -0.2) is 13.2 Å². The number of nitrogens with one attached hydrogen (secondary N) is 1. The lowest BCUT2D eigenvalue weighted by molar-refractivity contribution is -0.120. The van der Waals surface area contributed by atoms with Crippen molar-refractivity contribution in [3.8, 4) is 0 Å². The molecule has 33 heavy (non-hydrogen) atoms. The molecule has 1 aliphatic heterocycles. The monoisotopic (exact) mass is 472 g/mol. The molecule has 1 atom stereocenters. The van der Waals surface area contributed by atoms with Crippen molar-refractivity contribution in [2.24, 2.45) is 0 Å². The van der Waals surface area contributed by atoms with Gasteiger partial charge >= 0.3 is 5.97 Å². The summed E-state index contributed by atoms with van der Waals surface area (Å²) in [6.07, 6.45) is 1.45. The van der Waals surface area contributed by atoms with Crippen molar-refractivity contribution >= 4 is 39.2 Å². The second-order valence-corrected chi connectivity index (χ2v) is 9.92. The van der Waals surface area contributed by atoms with E-state index < -0.39 is 39.6 Å². The van der Waals surface area contributed by atoms with Crippen molar-refractivity contribution in [2.75, 3.05) is 23.9 Å². The molecular formula is C23H24N2O7S. The van der Waals surface area contributed by atoms with E-state index in [9.17, 15) is 27.6 Å². The van der Waals surface area contributed by atoms with Gasteiger partial charge in [-0.05, 0) is 49.2 Å². The summed E-state index contributed by atoms with van der Waals surface area (Å²) in [6, 6.07) is 10.8. The van der Waals surface area contributed by atoms with E-state index in [4.69, 9.17) is 4.74 Å². The zero-order chi connectivity index (χ0) is 24.2. The van der Waals surface area contributed by atoms with Gasteiger partial charge in [0.15, 0.2) is 0 Å². The minimum absolute atomic E-state index is 0.162.